The van der Waals surface area contributed by atoms with Crippen molar-refractivity contribution in [2.75, 3.05) is 13.6 Å². The predicted octanol–water partition coefficient (Wildman–Crippen LogP) is 1.14. The molecule has 0 unspecified atom stereocenters. The molecule has 0 spiro atoms. The van der Waals surface area contributed by atoms with Gasteiger partial charge in [-0.3, -0.25) is 4.90 Å². The zero-order valence-electron chi connectivity index (χ0n) is 9.55. The van der Waals surface area contributed by atoms with Gasteiger partial charge in [-0.25, -0.2) is 4.79 Å². The first-order valence-electron chi connectivity index (χ1n) is 4.95. The van der Waals surface area contributed by atoms with Crippen LogP contribution in [0.15, 0.2) is 24.3 Å². The van der Waals surface area contributed by atoms with Gasteiger partial charge in [0, 0.05) is 6.54 Å². The Morgan fingerprint density at radius 3 is 2.65 bits per heavy atom. The smallest absolute Gasteiger partial charge is 0.394 e. The number of rotatable bonds is 4. The Kier molecular flexibility index (Phi) is 5.01. The van der Waals surface area contributed by atoms with Crippen LogP contribution in [-0.4, -0.2) is 24.6 Å². The van der Waals surface area contributed by atoms with Crippen LogP contribution >= 0.6 is 0 Å². The quantitative estimate of drug-likeness (QED) is 0.366. The second-order valence-electron chi connectivity index (χ2n) is 3.49. The summed E-state index contributed by atoms with van der Waals surface area (Å²) in [5.74, 6) is 7.59. The molecule has 0 aromatic heterocycles. The van der Waals surface area contributed by atoms with E-state index in [0.717, 1.165) is 12.1 Å². The molecule has 5 heteroatoms. The van der Waals surface area contributed by atoms with Crippen LogP contribution in [0.3, 0.4) is 0 Å². The molecule has 0 radical (unpaired) electrons. The highest BCUT2D eigenvalue weighted by molar-refractivity contribution is 5.63. The Morgan fingerprint density at radius 1 is 1.47 bits per heavy atom. The van der Waals surface area contributed by atoms with Gasteiger partial charge < -0.3 is 9.57 Å². The molecule has 0 saturated heterocycles. The Balaban J connectivity index is 2.56. The highest BCUT2D eigenvalue weighted by atomic mass is 16.8. The number of carbonyl (C=O) groups excluding carboxylic acids is 1. The summed E-state index contributed by atoms with van der Waals surface area (Å²) in [7, 11) is 1.93. The van der Waals surface area contributed by atoms with Crippen molar-refractivity contribution >= 4 is 6.16 Å². The number of carbonyl (C=O) groups is 1. The van der Waals surface area contributed by atoms with Crippen molar-refractivity contribution in [3.8, 4) is 18.1 Å². The Bertz CT molecular complexity index is 409. The van der Waals surface area contributed by atoms with Gasteiger partial charge >= 0.3 is 6.16 Å². The molecule has 0 aliphatic rings. The molecular weight excluding hydrogens is 220 g/mol. The number of nitrogens with zero attached hydrogens (tertiary/aromatic N) is 1. The van der Waals surface area contributed by atoms with Gasteiger partial charge in [-0.1, -0.05) is 18.1 Å². The van der Waals surface area contributed by atoms with Gasteiger partial charge in [0.05, 0.1) is 6.54 Å². The Labute approximate surface area is 100 Å². The van der Waals surface area contributed by atoms with Crippen LogP contribution in [0.4, 0.5) is 4.79 Å². The molecule has 1 rings (SSSR count). The van der Waals surface area contributed by atoms with Crippen LogP contribution in [0.5, 0.6) is 5.75 Å². The summed E-state index contributed by atoms with van der Waals surface area (Å²) in [5.41, 5.74) is 1.07. The van der Waals surface area contributed by atoms with Crippen molar-refractivity contribution in [1.29, 1.82) is 0 Å². The first-order chi connectivity index (χ1) is 8.15. The van der Waals surface area contributed by atoms with Crippen molar-refractivity contribution < 1.29 is 14.4 Å². The van der Waals surface area contributed by atoms with Gasteiger partial charge in [-0.2, -0.15) is 5.90 Å². The lowest BCUT2D eigenvalue weighted by atomic mass is 10.2. The van der Waals surface area contributed by atoms with Crippen molar-refractivity contribution in [3.05, 3.63) is 29.8 Å². The molecule has 1 aromatic rings. The minimum atomic E-state index is -0.942. The number of terminal acetylenes is 1. The summed E-state index contributed by atoms with van der Waals surface area (Å²) in [5, 5.41) is 0. The predicted molar refractivity (Wildman–Crippen MR) is 62.9 cm³/mol. The highest BCUT2D eigenvalue weighted by Gasteiger charge is 2.04. The Morgan fingerprint density at radius 2 is 2.12 bits per heavy atom. The van der Waals surface area contributed by atoms with Crippen LogP contribution in [0, 0.1) is 12.3 Å². The third-order valence-corrected chi connectivity index (χ3v) is 2.03. The fraction of sp³-hybridized carbons (Fsp3) is 0.250. The number of hydrogen-bond acceptors (Lipinski definition) is 5. The third-order valence-electron chi connectivity index (χ3n) is 2.03. The summed E-state index contributed by atoms with van der Waals surface area (Å²) in [6.45, 7) is 1.31. The van der Waals surface area contributed by atoms with Crippen LogP contribution < -0.4 is 10.6 Å². The van der Waals surface area contributed by atoms with E-state index in [4.69, 9.17) is 11.2 Å². The Hall–Kier alpha value is -2.03. The molecule has 5 nitrogen and oxygen atoms in total. The monoisotopic (exact) mass is 234 g/mol. The van der Waals surface area contributed by atoms with E-state index in [1.807, 2.05) is 24.1 Å². The van der Waals surface area contributed by atoms with Crippen molar-refractivity contribution in [2.45, 2.75) is 6.54 Å². The zero-order valence-corrected chi connectivity index (χ0v) is 9.55. The molecule has 0 bridgehead atoms. The van der Waals surface area contributed by atoms with Gasteiger partial charge in [-0.15, -0.1) is 6.42 Å². The molecule has 0 aliphatic carbocycles. The lowest BCUT2D eigenvalue weighted by Crippen LogP contribution is -2.17. The SMILES string of the molecule is C#CCN(C)Cc1ccc(OC(=O)ON)cc1. The van der Waals surface area contributed by atoms with Crippen molar-refractivity contribution in [2.24, 2.45) is 5.90 Å². The lowest BCUT2D eigenvalue weighted by Gasteiger charge is -2.13. The first-order valence-corrected chi connectivity index (χ1v) is 4.95. The minimum Gasteiger partial charge on any atom is -0.394 e. The number of nitrogens with two attached hydrogens (primary N) is 1. The normalized spacial score (nSPS) is 9.76. The molecule has 17 heavy (non-hydrogen) atoms. The molecule has 0 fully saturated rings. The average molecular weight is 234 g/mol. The van der Waals surface area contributed by atoms with Gasteiger partial charge in [0.15, 0.2) is 0 Å². The van der Waals surface area contributed by atoms with Crippen LogP contribution in [0.25, 0.3) is 0 Å². The van der Waals surface area contributed by atoms with E-state index in [0.29, 0.717) is 12.3 Å². The maximum absolute atomic E-state index is 10.7. The molecule has 0 aliphatic heterocycles. The van der Waals surface area contributed by atoms with E-state index >= 15 is 0 Å². The van der Waals surface area contributed by atoms with Gasteiger partial charge in [0.1, 0.15) is 5.75 Å². The van der Waals surface area contributed by atoms with Gasteiger partial charge in [-0.05, 0) is 24.7 Å². The fourth-order valence-electron chi connectivity index (χ4n) is 1.31. The van der Waals surface area contributed by atoms with E-state index in [1.54, 1.807) is 12.1 Å². The van der Waals surface area contributed by atoms with Crippen LogP contribution in [-0.2, 0) is 11.4 Å². The van der Waals surface area contributed by atoms with Crippen molar-refractivity contribution in [1.82, 2.24) is 4.90 Å². The lowest BCUT2D eigenvalue weighted by molar-refractivity contribution is 0.0997. The molecule has 2 N–H and O–H groups in total. The van der Waals surface area contributed by atoms with Gasteiger partial charge in [0.2, 0.25) is 0 Å². The topological polar surface area (TPSA) is 64.8 Å². The first kappa shape index (κ1) is 13.0. The molecule has 90 valence electrons. The van der Waals surface area contributed by atoms with E-state index < -0.39 is 6.16 Å². The average Bonchev–Trinajstić information content (AvgIpc) is 2.32. The van der Waals surface area contributed by atoms with Crippen LogP contribution in [0.1, 0.15) is 5.56 Å². The molecule has 0 saturated carbocycles. The van der Waals surface area contributed by atoms with E-state index in [1.165, 1.54) is 0 Å². The zero-order chi connectivity index (χ0) is 12.7. The van der Waals surface area contributed by atoms with E-state index in [9.17, 15) is 4.79 Å². The summed E-state index contributed by atoms with van der Waals surface area (Å²) in [6.07, 6.45) is 4.26. The maximum atomic E-state index is 10.7. The second-order valence-corrected chi connectivity index (χ2v) is 3.49. The highest BCUT2D eigenvalue weighted by Crippen LogP contribution is 2.13. The maximum Gasteiger partial charge on any atom is 0.533 e. The molecular formula is C12H14N2O3. The van der Waals surface area contributed by atoms with Crippen LogP contribution in [0.2, 0.25) is 0 Å². The number of ether oxygens (including phenoxy) is 1. The molecule has 0 heterocycles. The molecule has 0 atom stereocenters. The fourth-order valence-corrected chi connectivity index (χ4v) is 1.31. The van der Waals surface area contributed by atoms with Gasteiger partial charge in [0.25, 0.3) is 0 Å². The number of hydrogen-bond donors (Lipinski definition) is 1. The summed E-state index contributed by atoms with van der Waals surface area (Å²) in [6, 6.07) is 7.00. The summed E-state index contributed by atoms with van der Waals surface area (Å²) in [4.78, 5) is 16.6. The second kappa shape index (κ2) is 6.53. The van der Waals surface area contributed by atoms with E-state index in [2.05, 4.69) is 16.7 Å². The van der Waals surface area contributed by atoms with E-state index in [-0.39, 0.29) is 0 Å². The number of benzene rings is 1. The largest absolute Gasteiger partial charge is 0.533 e. The molecule has 0 amide bonds. The van der Waals surface area contributed by atoms with Crippen molar-refractivity contribution in [3.63, 3.8) is 0 Å². The third kappa shape index (κ3) is 4.55. The molecule has 1 aromatic carbocycles. The standard InChI is InChI=1S/C12H14N2O3/c1-3-8-14(2)9-10-4-6-11(7-5-10)16-12(15)17-13/h1,4-7H,8-9,13H2,2H3. The summed E-state index contributed by atoms with van der Waals surface area (Å²) >= 11 is 0. The minimum absolute atomic E-state index is 0.379. The summed E-state index contributed by atoms with van der Waals surface area (Å²) < 4.78 is 4.74.